The highest BCUT2D eigenvalue weighted by Crippen LogP contribution is 1.90. The number of benzene rings is 1. The fourth-order valence-corrected chi connectivity index (χ4v) is 0.476. The zero-order valence-corrected chi connectivity index (χ0v) is 13.0. The lowest BCUT2D eigenvalue weighted by Crippen LogP contribution is -1.71. The molecule has 4 heteroatoms. The van der Waals surface area contributed by atoms with E-state index in [0.29, 0.717) is 0 Å². The number of hydrogen-bond acceptors (Lipinski definition) is 4. The van der Waals surface area contributed by atoms with Crippen LogP contribution < -0.4 is 0 Å². The summed E-state index contributed by atoms with van der Waals surface area (Å²) >= 11 is 0.929. The highest BCUT2D eigenvalue weighted by molar-refractivity contribution is 7.93. The van der Waals surface area contributed by atoms with Crippen molar-refractivity contribution in [3.63, 3.8) is 0 Å². The molecule has 3 nitrogen and oxygen atoms in total. The molecule has 0 unspecified atom stereocenters. The van der Waals surface area contributed by atoms with Gasteiger partial charge in [0, 0.05) is 18.3 Å². The lowest BCUT2D eigenvalue weighted by atomic mass is 10.4. The fraction of sp³-hybridized carbons (Fsp3) is 0.538. The summed E-state index contributed by atoms with van der Waals surface area (Å²) in [5, 5.41) is 10.5. The van der Waals surface area contributed by atoms with E-state index in [1.54, 1.807) is 6.26 Å². The van der Waals surface area contributed by atoms with Gasteiger partial charge >= 0.3 is 0 Å². The van der Waals surface area contributed by atoms with Gasteiger partial charge in [-0.3, -0.25) is 0 Å². The molecule has 0 aromatic heterocycles. The van der Waals surface area contributed by atoms with Crippen molar-refractivity contribution >= 4 is 12.0 Å². The Kier molecular flexibility index (Phi) is 67.3. The van der Waals surface area contributed by atoms with Crippen LogP contribution in [0.5, 0.6) is 0 Å². The molecule has 0 aliphatic heterocycles. The maximum Gasteiger partial charge on any atom is 0.0311 e. The zero-order chi connectivity index (χ0) is 14.4. The third-order valence-corrected chi connectivity index (χ3v) is 0.962. The van der Waals surface area contributed by atoms with Crippen molar-refractivity contribution in [3.8, 4) is 0 Å². The number of hydrogen-bond donors (Lipinski definition) is 1. The average Bonchev–Trinajstić information content (AvgIpc) is 2.49. The quantitative estimate of drug-likeness (QED) is 0.438. The van der Waals surface area contributed by atoms with Crippen LogP contribution in [0.3, 0.4) is 0 Å². The normalized spacial score (nSPS) is 6.35. The Balaban J connectivity index is -0.0000000701. The van der Waals surface area contributed by atoms with E-state index in [-0.39, 0.29) is 0 Å². The largest absolute Gasteiger partial charge is 0.220 e. The summed E-state index contributed by atoms with van der Waals surface area (Å²) in [5.74, 6) is 0. The first kappa shape index (κ1) is 25.3. The lowest BCUT2D eigenvalue weighted by molar-refractivity contribution is -0.432. The highest BCUT2D eigenvalue weighted by Gasteiger charge is 1.67. The van der Waals surface area contributed by atoms with Gasteiger partial charge < -0.3 is 0 Å². The van der Waals surface area contributed by atoms with Crippen LogP contribution in [-0.4, -0.2) is 11.5 Å². The van der Waals surface area contributed by atoms with E-state index in [9.17, 15) is 0 Å². The molecule has 0 bridgehead atoms. The molecule has 0 radical (unpaired) electrons. The van der Waals surface area contributed by atoms with Crippen LogP contribution in [0.1, 0.15) is 41.5 Å². The van der Waals surface area contributed by atoms with Gasteiger partial charge in [-0.2, -0.15) is 0 Å². The van der Waals surface area contributed by atoms with Crippen LogP contribution >= 0.6 is 12.0 Å². The molecule has 0 fully saturated rings. The maximum atomic E-state index is 7.32. The summed E-state index contributed by atoms with van der Waals surface area (Å²) in [6, 6.07) is 12.0. The second kappa shape index (κ2) is 45.2. The van der Waals surface area contributed by atoms with Crippen LogP contribution in [0.2, 0.25) is 0 Å². The van der Waals surface area contributed by atoms with E-state index in [1.165, 1.54) is 0 Å². The smallest absolute Gasteiger partial charge is 0.0311 e. The summed E-state index contributed by atoms with van der Waals surface area (Å²) in [6.45, 7) is 12.0. The molecule has 0 saturated heterocycles. The minimum absolute atomic E-state index is 0.929. The maximum absolute atomic E-state index is 7.32. The molecule has 0 aliphatic rings. The Morgan fingerprint density at radius 1 is 0.706 bits per heavy atom. The van der Waals surface area contributed by atoms with Gasteiger partial charge in [0.25, 0.3) is 0 Å². The van der Waals surface area contributed by atoms with Gasteiger partial charge in [0.05, 0.1) is 0 Å². The second-order valence-electron chi connectivity index (χ2n) is 1.46. The van der Waals surface area contributed by atoms with Crippen LogP contribution in [0.15, 0.2) is 36.4 Å². The first-order valence-electron chi connectivity index (χ1n) is 5.92. The average molecular weight is 264 g/mol. The van der Waals surface area contributed by atoms with Crippen molar-refractivity contribution in [3.05, 3.63) is 36.4 Å². The summed E-state index contributed by atoms with van der Waals surface area (Å²) in [6.07, 6.45) is 1.62. The molecular formula is C13H28O3S. The van der Waals surface area contributed by atoms with Crippen molar-refractivity contribution < 1.29 is 14.6 Å². The highest BCUT2D eigenvalue weighted by atomic mass is 32.2. The lowest BCUT2D eigenvalue weighted by Gasteiger charge is -1.80. The van der Waals surface area contributed by atoms with Crippen molar-refractivity contribution in [1.82, 2.24) is 0 Å². The van der Waals surface area contributed by atoms with E-state index in [0.717, 1.165) is 12.0 Å². The van der Waals surface area contributed by atoms with E-state index in [1.807, 2.05) is 77.9 Å². The van der Waals surface area contributed by atoms with Gasteiger partial charge in [-0.05, 0) is 0 Å². The first-order valence-corrected chi connectivity index (χ1v) is 7.07. The standard InChI is InChI=1S/C6H6.3C2H6.CH4O3S/c1-2-4-6-5-3-1;3*1-2;1-5-4-3-2/h1-6H;3*1-2H3;2H,1H3. The minimum Gasteiger partial charge on any atom is -0.220 e. The molecule has 1 aromatic rings. The van der Waals surface area contributed by atoms with Gasteiger partial charge in [-0.15, -0.1) is 4.33 Å². The summed E-state index contributed by atoms with van der Waals surface area (Å²) in [5.41, 5.74) is 0. The second-order valence-corrected chi connectivity index (χ2v) is 1.93. The van der Waals surface area contributed by atoms with Gasteiger partial charge in [0.1, 0.15) is 0 Å². The Morgan fingerprint density at radius 2 is 0.941 bits per heavy atom. The van der Waals surface area contributed by atoms with Crippen molar-refractivity contribution in [2.75, 3.05) is 6.26 Å². The summed E-state index contributed by atoms with van der Waals surface area (Å²) < 4.78 is 3.81. The minimum atomic E-state index is 0.929. The van der Waals surface area contributed by atoms with E-state index in [4.69, 9.17) is 5.26 Å². The third kappa shape index (κ3) is 50.4. The first-order chi connectivity index (χ1) is 8.41. The Hall–Kier alpha value is -0.550. The molecule has 0 heterocycles. The molecule has 1 rings (SSSR count). The van der Waals surface area contributed by atoms with Crippen molar-refractivity contribution in [2.24, 2.45) is 0 Å². The topological polar surface area (TPSA) is 38.7 Å². The summed E-state index contributed by atoms with van der Waals surface area (Å²) in [7, 11) is 0. The monoisotopic (exact) mass is 264 g/mol. The van der Waals surface area contributed by atoms with Crippen LogP contribution in [0.4, 0.5) is 0 Å². The van der Waals surface area contributed by atoms with Crippen molar-refractivity contribution in [2.45, 2.75) is 41.5 Å². The van der Waals surface area contributed by atoms with E-state index >= 15 is 0 Å². The van der Waals surface area contributed by atoms with Crippen LogP contribution in [-0.2, 0) is 9.37 Å². The van der Waals surface area contributed by atoms with Crippen LogP contribution in [0, 0.1) is 0 Å². The van der Waals surface area contributed by atoms with Crippen LogP contribution in [0.25, 0.3) is 0 Å². The predicted molar refractivity (Wildman–Crippen MR) is 78.8 cm³/mol. The molecule has 0 amide bonds. The number of rotatable bonds is 2. The van der Waals surface area contributed by atoms with Gasteiger partial charge in [0.2, 0.25) is 0 Å². The fourth-order valence-electron chi connectivity index (χ4n) is 0.415. The van der Waals surface area contributed by atoms with E-state index in [2.05, 4.69) is 9.37 Å². The molecular weight excluding hydrogens is 236 g/mol. The predicted octanol–water partition coefficient (Wildman–Crippen LogP) is 5.45. The van der Waals surface area contributed by atoms with Gasteiger partial charge in [-0.1, -0.05) is 83.0 Å². The SMILES string of the molecule is CC.CC.CC.CSOOO.c1ccccc1. The molecule has 1 N–H and O–H groups in total. The molecule has 0 aliphatic carbocycles. The van der Waals surface area contributed by atoms with Gasteiger partial charge in [0.15, 0.2) is 0 Å². The molecule has 1 aromatic carbocycles. The summed E-state index contributed by atoms with van der Waals surface area (Å²) in [4.78, 5) is 0. The van der Waals surface area contributed by atoms with E-state index < -0.39 is 0 Å². The Labute approximate surface area is 111 Å². The van der Waals surface area contributed by atoms with Gasteiger partial charge in [-0.25, -0.2) is 5.26 Å². The third-order valence-electron chi connectivity index (χ3n) is 0.765. The molecule has 104 valence electrons. The Morgan fingerprint density at radius 3 is 1.00 bits per heavy atom. The zero-order valence-electron chi connectivity index (χ0n) is 12.1. The molecule has 0 saturated carbocycles. The van der Waals surface area contributed by atoms with Crippen molar-refractivity contribution in [1.29, 1.82) is 0 Å². The molecule has 0 atom stereocenters. The Bertz CT molecular complexity index is 120. The molecule has 0 spiro atoms. The molecule has 17 heavy (non-hydrogen) atoms.